The SMILES string of the molecule is CCCn1nccc1CNc1cc(Br)c(F)cc1C. The van der Waals surface area contributed by atoms with Crippen molar-refractivity contribution < 1.29 is 4.39 Å². The molecule has 19 heavy (non-hydrogen) atoms. The normalized spacial score (nSPS) is 10.7. The Labute approximate surface area is 121 Å². The second kappa shape index (κ2) is 6.19. The Morgan fingerprint density at radius 2 is 2.21 bits per heavy atom. The van der Waals surface area contributed by atoms with E-state index in [0.717, 1.165) is 29.9 Å². The zero-order valence-corrected chi connectivity index (χ0v) is 12.7. The third-order valence-electron chi connectivity index (χ3n) is 2.97. The van der Waals surface area contributed by atoms with Gasteiger partial charge in [-0.15, -0.1) is 0 Å². The summed E-state index contributed by atoms with van der Waals surface area (Å²) in [4.78, 5) is 0. The molecule has 0 spiro atoms. The highest BCUT2D eigenvalue weighted by Crippen LogP contribution is 2.24. The van der Waals surface area contributed by atoms with Gasteiger partial charge in [0.15, 0.2) is 0 Å². The molecule has 0 amide bonds. The van der Waals surface area contributed by atoms with Crippen LogP contribution in [0.4, 0.5) is 10.1 Å². The van der Waals surface area contributed by atoms with Gasteiger partial charge in [0.05, 0.1) is 16.7 Å². The van der Waals surface area contributed by atoms with Crippen molar-refractivity contribution in [2.75, 3.05) is 5.32 Å². The first-order valence-electron chi connectivity index (χ1n) is 6.32. The van der Waals surface area contributed by atoms with Crippen molar-refractivity contribution >= 4 is 21.6 Å². The second-order valence-electron chi connectivity index (χ2n) is 4.48. The summed E-state index contributed by atoms with van der Waals surface area (Å²) in [7, 11) is 0. The number of aromatic nitrogens is 2. The summed E-state index contributed by atoms with van der Waals surface area (Å²) in [6.45, 7) is 5.61. The minimum Gasteiger partial charge on any atom is -0.379 e. The van der Waals surface area contributed by atoms with Crippen LogP contribution in [0.3, 0.4) is 0 Å². The molecule has 2 aromatic rings. The van der Waals surface area contributed by atoms with Crippen LogP contribution in [0.5, 0.6) is 0 Å². The van der Waals surface area contributed by atoms with Crippen LogP contribution in [0, 0.1) is 12.7 Å². The maximum atomic E-state index is 13.3. The Bertz CT molecular complexity index is 566. The molecular weight excluding hydrogens is 309 g/mol. The lowest BCUT2D eigenvalue weighted by molar-refractivity contribution is 0.578. The third-order valence-corrected chi connectivity index (χ3v) is 3.57. The van der Waals surface area contributed by atoms with E-state index in [1.165, 1.54) is 6.07 Å². The van der Waals surface area contributed by atoms with Crippen LogP contribution in [-0.4, -0.2) is 9.78 Å². The van der Waals surface area contributed by atoms with Crippen LogP contribution in [0.2, 0.25) is 0 Å². The maximum absolute atomic E-state index is 13.3. The highest BCUT2D eigenvalue weighted by atomic mass is 79.9. The fourth-order valence-corrected chi connectivity index (χ4v) is 2.29. The second-order valence-corrected chi connectivity index (χ2v) is 5.33. The van der Waals surface area contributed by atoms with Crippen molar-refractivity contribution in [2.45, 2.75) is 33.4 Å². The number of nitrogens with one attached hydrogen (secondary N) is 1. The number of hydrogen-bond acceptors (Lipinski definition) is 2. The molecule has 1 aromatic heterocycles. The van der Waals surface area contributed by atoms with Gasteiger partial charge in [0.25, 0.3) is 0 Å². The van der Waals surface area contributed by atoms with Crippen LogP contribution >= 0.6 is 15.9 Å². The standard InChI is InChI=1S/C14H17BrFN3/c1-3-6-19-11(4-5-18-19)9-17-14-8-12(15)13(16)7-10(14)2/h4-5,7-8,17H,3,6,9H2,1-2H3. The van der Waals surface area contributed by atoms with E-state index in [1.54, 1.807) is 12.3 Å². The molecule has 0 aliphatic rings. The quantitative estimate of drug-likeness (QED) is 0.896. The first kappa shape index (κ1) is 14.1. The summed E-state index contributed by atoms with van der Waals surface area (Å²) in [5, 5.41) is 7.60. The Morgan fingerprint density at radius 3 is 2.95 bits per heavy atom. The highest BCUT2D eigenvalue weighted by molar-refractivity contribution is 9.10. The minimum atomic E-state index is -0.237. The number of anilines is 1. The van der Waals surface area contributed by atoms with Crippen LogP contribution in [0.15, 0.2) is 28.9 Å². The molecule has 102 valence electrons. The number of benzene rings is 1. The van der Waals surface area contributed by atoms with Gasteiger partial charge in [-0.25, -0.2) is 4.39 Å². The monoisotopic (exact) mass is 325 g/mol. The smallest absolute Gasteiger partial charge is 0.137 e. The van der Waals surface area contributed by atoms with E-state index < -0.39 is 0 Å². The van der Waals surface area contributed by atoms with E-state index >= 15 is 0 Å². The number of hydrogen-bond donors (Lipinski definition) is 1. The zero-order chi connectivity index (χ0) is 13.8. The predicted molar refractivity (Wildman–Crippen MR) is 78.7 cm³/mol. The Balaban J connectivity index is 2.10. The lowest BCUT2D eigenvalue weighted by Gasteiger charge is -2.12. The van der Waals surface area contributed by atoms with Crippen molar-refractivity contribution in [3.63, 3.8) is 0 Å². The van der Waals surface area contributed by atoms with Crippen molar-refractivity contribution in [1.29, 1.82) is 0 Å². The molecule has 0 aliphatic heterocycles. The summed E-state index contributed by atoms with van der Waals surface area (Å²) in [6, 6.07) is 5.29. The maximum Gasteiger partial charge on any atom is 0.137 e. The predicted octanol–water partition coefficient (Wildman–Crippen LogP) is 4.12. The zero-order valence-electron chi connectivity index (χ0n) is 11.1. The van der Waals surface area contributed by atoms with Crippen LogP contribution < -0.4 is 5.32 Å². The van der Waals surface area contributed by atoms with Crippen molar-refractivity contribution in [1.82, 2.24) is 9.78 Å². The van der Waals surface area contributed by atoms with Gasteiger partial charge in [-0.2, -0.15) is 5.10 Å². The van der Waals surface area contributed by atoms with Gasteiger partial charge in [-0.3, -0.25) is 4.68 Å². The minimum absolute atomic E-state index is 0.237. The molecule has 3 nitrogen and oxygen atoms in total. The van der Waals surface area contributed by atoms with E-state index in [1.807, 2.05) is 17.7 Å². The number of aryl methyl sites for hydroxylation is 2. The average molecular weight is 326 g/mol. The largest absolute Gasteiger partial charge is 0.379 e. The molecule has 0 aliphatic carbocycles. The lowest BCUT2D eigenvalue weighted by Crippen LogP contribution is -2.09. The van der Waals surface area contributed by atoms with Gasteiger partial charge < -0.3 is 5.32 Å². The van der Waals surface area contributed by atoms with E-state index in [2.05, 4.69) is 33.3 Å². The Kier molecular flexibility index (Phi) is 4.58. The molecule has 0 unspecified atom stereocenters. The molecule has 1 N–H and O–H groups in total. The first-order valence-corrected chi connectivity index (χ1v) is 7.11. The van der Waals surface area contributed by atoms with Crippen LogP contribution in [-0.2, 0) is 13.1 Å². The molecular formula is C14H17BrFN3. The fourth-order valence-electron chi connectivity index (χ4n) is 1.95. The van der Waals surface area contributed by atoms with Gasteiger partial charge in [-0.05, 0) is 53.0 Å². The molecule has 0 atom stereocenters. The summed E-state index contributed by atoms with van der Waals surface area (Å²) in [6.07, 6.45) is 2.86. The number of halogens is 2. The first-order chi connectivity index (χ1) is 9.11. The van der Waals surface area contributed by atoms with Gasteiger partial charge >= 0.3 is 0 Å². The lowest BCUT2D eigenvalue weighted by atomic mass is 10.2. The topological polar surface area (TPSA) is 29.9 Å². The van der Waals surface area contributed by atoms with E-state index in [0.29, 0.717) is 11.0 Å². The molecule has 0 saturated heterocycles. The molecule has 1 aromatic carbocycles. The molecule has 0 radical (unpaired) electrons. The molecule has 1 heterocycles. The third kappa shape index (κ3) is 3.35. The van der Waals surface area contributed by atoms with Crippen molar-refractivity contribution in [2.24, 2.45) is 0 Å². The Morgan fingerprint density at radius 1 is 1.42 bits per heavy atom. The van der Waals surface area contributed by atoms with Gasteiger partial charge in [0, 0.05) is 18.4 Å². The molecule has 0 fully saturated rings. The summed E-state index contributed by atoms with van der Waals surface area (Å²) in [5.41, 5.74) is 2.95. The number of nitrogens with zero attached hydrogens (tertiary/aromatic N) is 2. The van der Waals surface area contributed by atoms with Crippen molar-refractivity contribution in [3.05, 3.63) is 45.9 Å². The fraction of sp³-hybridized carbons (Fsp3) is 0.357. The van der Waals surface area contributed by atoms with E-state index in [4.69, 9.17) is 0 Å². The van der Waals surface area contributed by atoms with Crippen LogP contribution in [0.25, 0.3) is 0 Å². The summed E-state index contributed by atoms with van der Waals surface area (Å²) >= 11 is 3.21. The summed E-state index contributed by atoms with van der Waals surface area (Å²) in [5.74, 6) is -0.237. The number of rotatable bonds is 5. The summed E-state index contributed by atoms with van der Waals surface area (Å²) < 4.78 is 15.8. The Hall–Kier alpha value is -1.36. The average Bonchev–Trinajstić information content (AvgIpc) is 2.80. The molecule has 5 heteroatoms. The van der Waals surface area contributed by atoms with Gasteiger partial charge in [0.1, 0.15) is 5.82 Å². The van der Waals surface area contributed by atoms with Gasteiger partial charge in [-0.1, -0.05) is 6.92 Å². The van der Waals surface area contributed by atoms with E-state index in [9.17, 15) is 4.39 Å². The molecule has 0 saturated carbocycles. The molecule has 2 rings (SSSR count). The van der Waals surface area contributed by atoms with Crippen molar-refractivity contribution in [3.8, 4) is 0 Å². The van der Waals surface area contributed by atoms with E-state index in [-0.39, 0.29) is 5.82 Å². The van der Waals surface area contributed by atoms with Gasteiger partial charge in [0.2, 0.25) is 0 Å². The molecule has 0 bridgehead atoms. The highest BCUT2D eigenvalue weighted by Gasteiger charge is 2.06. The van der Waals surface area contributed by atoms with Crippen LogP contribution in [0.1, 0.15) is 24.6 Å².